The van der Waals surface area contributed by atoms with Crippen LogP contribution in [0.4, 0.5) is 17.1 Å². The summed E-state index contributed by atoms with van der Waals surface area (Å²) in [5.74, 6) is -1.27. The van der Waals surface area contributed by atoms with E-state index in [1.54, 1.807) is 30.5 Å². The second-order valence-electron chi connectivity index (χ2n) is 7.55. The van der Waals surface area contributed by atoms with Gasteiger partial charge in [-0.2, -0.15) is 10.1 Å². The summed E-state index contributed by atoms with van der Waals surface area (Å²) < 4.78 is 25.2. The molecule has 174 valence electrons. The van der Waals surface area contributed by atoms with E-state index in [9.17, 15) is 18.0 Å². The van der Waals surface area contributed by atoms with Crippen LogP contribution in [0.25, 0.3) is 0 Å². The fraction of sp³-hybridized carbons (Fsp3) is 0.261. The van der Waals surface area contributed by atoms with Gasteiger partial charge in [-0.15, -0.1) is 0 Å². The Balaban J connectivity index is 1.87. The van der Waals surface area contributed by atoms with Crippen LogP contribution in [-0.2, 0) is 26.0 Å². The molecular weight excluding hydrogens is 444 g/mol. The number of amides is 1. The number of aryl methyl sites for hydroxylation is 1. The fourth-order valence-corrected chi connectivity index (χ4v) is 3.94. The van der Waals surface area contributed by atoms with E-state index in [-0.39, 0.29) is 12.3 Å². The zero-order chi connectivity index (χ0) is 24.0. The molecule has 0 saturated heterocycles. The van der Waals surface area contributed by atoms with Crippen molar-refractivity contribution in [3.05, 3.63) is 65.9 Å². The predicted molar refractivity (Wildman–Crippen MR) is 129 cm³/mol. The molecule has 0 atom stereocenters. The van der Waals surface area contributed by atoms with Crippen molar-refractivity contribution in [2.75, 3.05) is 21.3 Å². The van der Waals surface area contributed by atoms with E-state index in [2.05, 4.69) is 15.1 Å². The van der Waals surface area contributed by atoms with Crippen molar-refractivity contribution in [2.45, 2.75) is 32.6 Å². The molecule has 0 bridgehead atoms. The highest BCUT2D eigenvalue weighted by Crippen LogP contribution is 2.27. The molecule has 2 aromatic rings. The van der Waals surface area contributed by atoms with Gasteiger partial charge in [0.25, 0.3) is 5.91 Å². The van der Waals surface area contributed by atoms with Crippen molar-refractivity contribution in [1.29, 1.82) is 0 Å². The van der Waals surface area contributed by atoms with Gasteiger partial charge in [-0.3, -0.25) is 14.3 Å². The van der Waals surface area contributed by atoms with Crippen LogP contribution >= 0.6 is 0 Å². The number of hydrazone groups is 1. The second kappa shape index (κ2) is 10.3. The Labute approximate surface area is 192 Å². The van der Waals surface area contributed by atoms with Crippen LogP contribution in [0.15, 0.2) is 65.4 Å². The molecule has 2 aromatic carbocycles. The summed E-state index contributed by atoms with van der Waals surface area (Å²) in [6, 6.07) is 14.0. The number of sulfonamides is 1. The van der Waals surface area contributed by atoms with E-state index in [0.29, 0.717) is 35.5 Å². The summed E-state index contributed by atoms with van der Waals surface area (Å²) in [7, 11) is -3.42. The lowest BCUT2D eigenvalue weighted by Crippen LogP contribution is -2.22. The third-order valence-corrected chi connectivity index (χ3v) is 5.55. The Morgan fingerprint density at radius 2 is 1.85 bits per heavy atom. The molecule has 10 heteroatoms. The average Bonchev–Trinajstić information content (AvgIpc) is 3.07. The summed E-state index contributed by atoms with van der Waals surface area (Å²) in [5, 5.41) is 17.8. The van der Waals surface area contributed by atoms with Gasteiger partial charge in [0.15, 0.2) is 0 Å². The summed E-state index contributed by atoms with van der Waals surface area (Å²) in [4.78, 5) is 24.1. The molecular formula is C23H26N4O5S. The number of anilines is 3. The molecule has 0 unspecified atom stereocenters. The molecule has 0 saturated carbocycles. The van der Waals surface area contributed by atoms with Crippen LogP contribution in [0.3, 0.4) is 0 Å². The topological polar surface area (TPSA) is 128 Å². The van der Waals surface area contributed by atoms with Gasteiger partial charge >= 0.3 is 5.97 Å². The minimum absolute atomic E-state index is 0.0293. The number of benzene rings is 2. The number of hydrogen-bond donors (Lipinski definition) is 3. The van der Waals surface area contributed by atoms with E-state index in [0.717, 1.165) is 23.9 Å². The lowest BCUT2D eigenvalue weighted by Gasteiger charge is -2.13. The first kappa shape index (κ1) is 24.0. The standard InChI is InChI=1S/C23H26N4O5S/c1-3-16-7-4-5-8-20(16)24-15-19-21(9-6-10-22(28)29)25-27(23(19)30)18-13-11-17(12-14-18)26-33(2,31)32/h4-5,7-8,11-15,24,26H,3,6,9-10H2,1-2H3,(H,28,29)/b19-15+. The van der Waals surface area contributed by atoms with Crippen LogP contribution in [0.2, 0.25) is 0 Å². The predicted octanol–water partition coefficient (Wildman–Crippen LogP) is 3.57. The maximum absolute atomic E-state index is 13.2. The van der Waals surface area contributed by atoms with Gasteiger partial charge in [0, 0.05) is 24.0 Å². The highest BCUT2D eigenvalue weighted by Gasteiger charge is 2.31. The van der Waals surface area contributed by atoms with Gasteiger partial charge in [0.2, 0.25) is 10.0 Å². The fourth-order valence-electron chi connectivity index (χ4n) is 3.37. The van der Waals surface area contributed by atoms with Crippen LogP contribution in [0, 0.1) is 0 Å². The summed E-state index contributed by atoms with van der Waals surface area (Å²) in [6.07, 6.45) is 4.12. The first-order valence-corrected chi connectivity index (χ1v) is 12.3. The van der Waals surface area contributed by atoms with Crippen LogP contribution in [0.5, 0.6) is 0 Å². The third kappa shape index (κ3) is 6.42. The Morgan fingerprint density at radius 1 is 1.15 bits per heavy atom. The zero-order valence-electron chi connectivity index (χ0n) is 18.4. The minimum Gasteiger partial charge on any atom is -0.481 e. The molecule has 9 nitrogen and oxygen atoms in total. The second-order valence-corrected chi connectivity index (χ2v) is 9.29. The summed E-state index contributed by atoms with van der Waals surface area (Å²) >= 11 is 0. The number of carboxylic acids is 1. The monoisotopic (exact) mass is 470 g/mol. The Hall–Kier alpha value is -3.66. The molecule has 0 fully saturated rings. The molecule has 1 aliphatic heterocycles. The van der Waals surface area contributed by atoms with Crippen LogP contribution < -0.4 is 15.0 Å². The molecule has 33 heavy (non-hydrogen) atoms. The third-order valence-electron chi connectivity index (χ3n) is 4.94. The molecule has 0 aliphatic carbocycles. The maximum atomic E-state index is 13.2. The highest BCUT2D eigenvalue weighted by molar-refractivity contribution is 7.92. The Kier molecular flexibility index (Phi) is 7.49. The SMILES string of the molecule is CCc1ccccc1N/C=C1/C(=O)N(c2ccc(NS(C)(=O)=O)cc2)N=C1CCCC(=O)O. The quantitative estimate of drug-likeness (QED) is 0.456. The molecule has 3 rings (SSSR count). The number of para-hydroxylation sites is 1. The molecule has 0 radical (unpaired) electrons. The summed E-state index contributed by atoms with van der Waals surface area (Å²) in [5.41, 5.74) is 3.64. The van der Waals surface area contributed by atoms with E-state index in [1.807, 2.05) is 31.2 Å². The number of rotatable bonds is 10. The Bertz CT molecular complexity index is 1200. The molecule has 3 N–H and O–H groups in total. The zero-order valence-corrected chi connectivity index (χ0v) is 19.2. The van der Waals surface area contributed by atoms with Gasteiger partial charge in [0.05, 0.1) is 23.2 Å². The largest absolute Gasteiger partial charge is 0.481 e. The number of carboxylic acid groups (broad SMARTS) is 1. The molecule has 1 heterocycles. The normalized spacial score (nSPS) is 15.0. The van der Waals surface area contributed by atoms with Crippen molar-refractivity contribution in [3.8, 4) is 0 Å². The lowest BCUT2D eigenvalue weighted by atomic mass is 10.1. The smallest absolute Gasteiger partial charge is 0.303 e. The first-order chi connectivity index (χ1) is 15.7. The van der Waals surface area contributed by atoms with Crippen LogP contribution in [-0.4, -0.2) is 37.4 Å². The number of nitrogens with zero attached hydrogens (tertiary/aromatic N) is 2. The number of aliphatic carboxylic acids is 1. The number of hydrogen-bond acceptors (Lipinski definition) is 6. The van der Waals surface area contributed by atoms with E-state index in [1.165, 1.54) is 5.01 Å². The van der Waals surface area contributed by atoms with Crippen molar-refractivity contribution < 1.29 is 23.1 Å². The highest BCUT2D eigenvalue weighted by atomic mass is 32.2. The molecule has 1 aliphatic rings. The van der Waals surface area contributed by atoms with Gasteiger partial charge in [-0.1, -0.05) is 25.1 Å². The van der Waals surface area contributed by atoms with E-state index < -0.39 is 16.0 Å². The average molecular weight is 471 g/mol. The number of carbonyl (C=O) groups excluding carboxylic acids is 1. The number of carbonyl (C=O) groups is 2. The van der Waals surface area contributed by atoms with E-state index >= 15 is 0 Å². The molecule has 1 amide bonds. The summed E-state index contributed by atoms with van der Waals surface area (Å²) in [6.45, 7) is 2.04. The van der Waals surface area contributed by atoms with Crippen molar-refractivity contribution >= 4 is 44.7 Å². The molecule has 0 aromatic heterocycles. The van der Waals surface area contributed by atoms with Crippen LogP contribution in [0.1, 0.15) is 31.7 Å². The van der Waals surface area contributed by atoms with Crippen molar-refractivity contribution in [3.63, 3.8) is 0 Å². The van der Waals surface area contributed by atoms with E-state index in [4.69, 9.17) is 5.11 Å². The lowest BCUT2D eigenvalue weighted by molar-refractivity contribution is -0.137. The number of nitrogens with one attached hydrogen (secondary N) is 2. The first-order valence-electron chi connectivity index (χ1n) is 10.4. The minimum atomic E-state index is -3.42. The van der Waals surface area contributed by atoms with Gasteiger partial charge in [-0.05, 0) is 55.2 Å². The van der Waals surface area contributed by atoms with Crippen molar-refractivity contribution in [2.24, 2.45) is 5.10 Å². The van der Waals surface area contributed by atoms with Crippen molar-refractivity contribution in [1.82, 2.24) is 0 Å². The van der Waals surface area contributed by atoms with Gasteiger partial charge in [-0.25, -0.2) is 8.42 Å². The molecule has 0 spiro atoms. The Morgan fingerprint density at radius 3 is 2.48 bits per heavy atom. The van der Waals surface area contributed by atoms with Gasteiger partial charge in [0.1, 0.15) is 0 Å². The van der Waals surface area contributed by atoms with Gasteiger partial charge < -0.3 is 10.4 Å². The maximum Gasteiger partial charge on any atom is 0.303 e.